The fourth-order valence-electron chi connectivity index (χ4n) is 3.37. The number of methoxy groups -OCH3 is 1. The monoisotopic (exact) mass is 465 g/mol. The minimum absolute atomic E-state index is 0.0777. The third-order valence-electron chi connectivity index (χ3n) is 4.79. The number of pyridine rings is 1. The van der Waals surface area contributed by atoms with Gasteiger partial charge in [-0.15, -0.1) is 0 Å². The van der Waals surface area contributed by atoms with Crippen LogP contribution in [0.5, 0.6) is 11.6 Å². The molecule has 2 aromatic heterocycles. The summed E-state index contributed by atoms with van der Waals surface area (Å²) in [5.74, 6) is -0.0909. The Morgan fingerprint density at radius 1 is 1.09 bits per heavy atom. The zero-order valence-electron chi connectivity index (χ0n) is 19.9. The van der Waals surface area contributed by atoms with Gasteiger partial charge in [-0.05, 0) is 49.1 Å². The van der Waals surface area contributed by atoms with Gasteiger partial charge < -0.3 is 14.6 Å². The molecular formula is C26H28FN3O4. The molecule has 0 saturated carbocycles. The van der Waals surface area contributed by atoms with Crippen molar-refractivity contribution in [3.8, 4) is 22.8 Å². The molecular weight excluding hydrogens is 437 g/mol. The van der Waals surface area contributed by atoms with Crippen LogP contribution in [0.15, 0.2) is 42.5 Å². The quantitative estimate of drug-likeness (QED) is 0.454. The lowest BCUT2D eigenvalue weighted by Gasteiger charge is -2.21. The lowest BCUT2D eigenvalue weighted by molar-refractivity contribution is -0.131. The number of carboxylic acids is 1. The van der Waals surface area contributed by atoms with Crippen molar-refractivity contribution in [1.82, 2.24) is 15.0 Å². The van der Waals surface area contributed by atoms with E-state index in [-0.39, 0.29) is 17.8 Å². The molecule has 0 saturated heterocycles. The van der Waals surface area contributed by atoms with Crippen molar-refractivity contribution in [2.24, 2.45) is 5.41 Å². The summed E-state index contributed by atoms with van der Waals surface area (Å²) >= 11 is 0. The van der Waals surface area contributed by atoms with Gasteiger partial charge in [0.2, 0.25) is 5.88 Å². The smallest absolute Gasteiger partial charge is 0.328 e. The lowest BCUT2D eigenvalue weighted by Crippen LogP contribution is -2.13. The molecule has 0 bridgehead atoms. The Labute approximate surface area is 198 Å². The minimum Gasteiger partial charge on any atom is -0.497 e. The van der Waals surface area contributed by atoms with E-state index in [2.05, 4.69) is 30.7 Å². The largest absolute Gasteiger partial charge is 0.497 e. The molecule has 0 aliphatic carbocycles. The third kappa shape index (κ3) is 6.84. The Bertz CT molecular complexity index is 1220. The first kappa shape index (κ1) is 24.8. The van der Waals surface area contributed by atoms with E-state index in [4.69, 9.17) is 19.6 Å². The molecule has 8 heteroatoms. The van der Waals surface area contributed by atoms with Gasteiger partial charge in [-0.25, -0.2) is 14.2 Å². The standard InChI is InChI=1S/C26H28FN3O4/c1-16-28-17(7-11-25(31)32)12-24(29-16)34-15-18-6-9-20(23(30-18)14-26(2,3)4)21-13-19(33-5)8-10-22(21)27/h6-13H,14-15H2,1-5H3,(H,31,32)/b11-7+. The summed E-state index contributed by atoms with van der Waals surface area (Å²) in [5.41, 5.74) is 2.89. The summed E-state index contributed by atoms with van der Waals surface area (Å²) in [6, 6.07) is 9.84. The number of carbonyl (C=O) groups is 1. The Morgan fingerprint density at radius 3 is 2.53 bits per heavy atom. The Hall–Kier alpha value is -3.81. The topological polar surface area (TPSA) is 94.4 Å². The van der Waals surface area contributed by atoms with Crippen molar-refractivity contribution in [2.75, 3.05) is 7.11 Å². The molecule has 0 aliphatic heterocycles. The van der Waals surface area contributed by atoms with Gasteiger partial charge in [0.05, 0.1) is 18.5 Å². The van der Waals surface area contributed by atoms with E-state index in [1.54, 1.807) is 38.3 Å². The third-order valence-corrected chi connectivity index (χ3v) is 4.79. The van der Waals surface area contributed by atoms with Crippen molar-refractivity contribution >= 4 is 12.0 Å². The normalized spacial score (nSPS) is 11.6. The number of hydrogen-bond donors (Lipinski definition) is 1. The maximum atomic E-state index is 14.7. The lowest BCUT2D eigenvalue weighted by atomic mass is 9.87. The number of aliphatic carboxylic acids is 1. The predicted molar refractivity (Wildman–Crippen MR) is 127 cm³/mol. The summed E-state index contributed by atoms with van der Waals surface area (Å²) in [6.07, 6.45) is 3.01. The van der Waals surface area contributed by atoms with E-state index in [0.717, 1.165) is 11.8 Å². The molecule has 0 radical (unpaired) electrons. The number of nitrogens with zero attached hydrogens (tertiary/aromatic N) is 3. The molecule has 7 nitrogen and oxygen atoms in total. The molecule has 0 amide bonds. The Kier molecular flexibility index (Phi) is 7.61. The number of aryl methyl sites for hydroxylation is 1. The van der Waals surface area contributed by atoms with Gasteiger partial charge >= 0.3 is 5.97 Å². The summed E-state index contributed by atoms with van der Waals surface area (Å²) in [6.45, 7) is 8.12. The summed E-state index contributed by atoms with van der Waals surface area (Å²) < 4.78 is 25.8. The summed E-state index contributed by atoms with van der Waals surface area (Å²) in [5, 5.41) is 8.82. The van der Waals surface area contributed by atoms with E-state index < -0.39 is 5.97 Å². The highest BCUT2D eigenvalue weighted by Crippen LogP contribution is 2.32. The van der Waals surface area contributed by atoms with Gasteiger partial charge in [-0.1, -0.05) is 26.8 Å². The molecule has 1 N–H and O–H groups in total. The van der Waals surface area contributed by atoms with E-state index in [0.29, 0.717) is 46.4 Å². The van der Waals surface area contributed by atoms with Gasteiger partial charge in [0.25, 0.3) is 0 Å². The van der Waals surface area contributed by atoms with E-state index in [1.165, 1.54) is 12.1 Å². The van der Waals surface area contributed by atoms with Crippen molar-refractivity contribution in [3.63, 3.8) is 0 Å². The SMILES string of the molecule is COc1ccc(F)c(-c2ccc(COc3cc(/C=C/C(=O)O)nc(C)n3)nc2CC(C)(C)C)c1. The Balaban J connectivity index is 1.91. The predicted octanol–water partition coefficient (Wildman–Crippen LogP) is 5.26. The van der Waals surface area contributed by atoms with Crippen molar-refractivity contribution < 1.29 is 23.8 Å². The van der Waals surface area contributed by atoms with Crippen LogP contribution in [0.25, 0.3) is 17.2 Å². The second-order valence-corrected chi connectivity index (χ2v) is 9.02. The van der Waals surface area contributed by atoms with Gasteiger partial charge in [0.1, 0.15) is 24.0 Å². The molecule has 2 heterocycles. The van der Waals surface area contributed by atoms with Crippen molar-refractivity contribution in [2.45, 2.75) is 40.7 Å². The first-order chi connectivity index (χ1) is 16.0. The van der Waals surface area contributed by atoms with Gasteiger partial charge in [0, 0.05) is 29.0 Å². The van der Waals surface area contributed by atoms with Crippen LogP contribution >= 0.6 is 0 Å². The number of halogens is 1. The van der Waals surface area contributed by atoms with Crippen LogP contribution in [0.3, 0.4) is 0 Å². The number of rotatable bonds is 8. The number of benzene rings is 1. The molecule has 3 rings (SSSR count). The molecule has 0 fully saturated rings. The highest BCUT2D eigenvalue weighted by atomic mass is 19.1. The molecule has 0 aliphatic rings. The van der Waals surface area contributed by atoms with Crippen LogP contribution in [-0.4, -0.2) is 33.1 Å². The molecule has 0 unspecified atom stereocenters. The number of aromatic nitrogens is 3. The van der Waals surface area contributed by atoms with Crippen molar-refractivity contribution in [3.05, 3.63) is 71.2 Å². The molecule has 0 atom stereocenters. The van der Waals surface area contributed by atoms with Crippen LogP contribution in [0.2, 0.25) is 0 Å². The maximum absolute atomic E-state index is 14.7. The van der Waals surface area contributed by atoms with Crippen LogP contribution in [0.1, 0.15) is 43.7 Å². The fourth-order valence-corrected chi connectivity index (χ4v) is 3.37. The highest BCUT2D eigenvalue weighted by Gasteiger charge is 2.19. The van der Waals surface area contributed by atoms with Gasteiger partial charge in [-0.3, -0.25) is 4.98 Å². The fraction of sp³-hybridized carbons (Fsp3) is 0.308. The van der Waals surface area contributed by atoms with E-state index in [9.17, 15) is 9.18 Å². The second-order valence-electron chi connectivity index (χ2n) is 9.02. The van der Waals surface area contributed by atoms with Crippen molar-refractivity contribution in [1.29, 1.82) is 0 Å². The molecule has 3 aromatic rings. The summed E-state index contributed by atoms with van der Waals surface area (Å²) in [4.78, 5) is 24.0. The summed E-state index contributed by atoms with van der Waals surface area (Å²) in [7, 11) is 1.55. The van der Waals surface area contributed by atoms with Crippen LogP contribution in [0, 0.1) is 18.2 Å². The molecule has 34 heavy (non-hydrogen) atoms. The van der Waals surface area contributed by atoms with Gasteiger partial charge in [0.15, 0.2) is 0 Å². The second kappa shape index (κ2) is 10.4. The van der Waals surface area contributed by atoms with E-state index >= 15 is 0 Å². The van der Waals surface area contributed by atoms with Crippen LogP contribution < -0.4 is 9.47 Å². The molecule has 178 valence electrons. The number of hydrogen-bond acceptors (Lipinski definition) is 6. The average Bonchev–Trinajstić information content (AvgIpc) is 2.76. The molecule has 1 aromatic carbocycles. The minimum atomic E-state index is -1.07. The number of ether oxygens (including phenoxy) is 2. The zero-order valence-corrected chi connectivity index (χ0v) is 19.9. The van der Waals surface area contributed by atoms with Crippen LogP contribution in [-0.2, 0) is 17.8 Å². The molecule has 0 spiro atoms. The van der Waals surface area contributed by atoms with Crippen LogP contribution in [0.4, 0.5) is 4.39 Å². The zero-order chi connectivity index (χ0) is 24.9. The van der Waals surface area contributed by atoms with E-state index in [1.807, 2.05) is 6.07 Å². The highest BCUT2D eigenvalue weighted by molar-refractivity contribution is 5.84. The maximum Gasteiger partial charge on any atom is 0.328 e. The average molecular weight is 466 g/mol. The van der Waals surface area contributed by atoms with Gasteiger partial charge in [-0.2, -0.15) is 4.98 Å². The first-order valence-electron chi connectivity index (χ1n) is 10.8. The number of carboxylic acid groups (broad SMARTS) is 1. The first-order valence-corrected chi connectivity index (χ1v) is 10.8. The Morgan fingerprint density at radius 2 is 1.85 bits per heavy atom.